The number of ether oxygens (including phenoxy) is 1. The Labute approximate surface area is 116 Å². The van der Waals surface area contributed by atoms with Crippen molar-refractivity contribution in [3.8, 4) is 0 Å². The van der Waals surface area contributed by atoms with Gasteiger partial charge in [-0.15, -0.1) is 0 Å². The van der Waals surface area contributed by atoms with Gasteiger partial charge >= 0.3 is 5.97 Å². The van der Waals surface area contributed by atoms with Crippen LogP contribution in [0.25, 0.3) is 0 Å². The van der Waals surface area contributed by atoms with Gasteiger partial charge in [0, 0.05) is 18.6 Å². The van der Waals surface area contributed by atoms with E-state index in [-0.39, 0.29) is 29.6 Å². The smallest absolute Gasteiger partial charge is 0.371 e. The number of carbonyl (C=O) groups is 2. The van der Waals surface area contributed by atoms with Crippen molar-refractivity contribution in [3.05, 3.63) is 23.7 Å². The Hall–Kier alpha value is -1.82. The van der Waals surface area contributed by atoms with Crippen LogP contribution in [0, 0.1) is 5.92 Å². The molecule has 3 rings (SSSR count). The van der Waals surface area contributed by atoms with Crippen LogP contribution in [0.15, 0.2) is 16.5 Å². The van der Waals surface area contributed by atoms with E-state index in [2.05, 4.69) is 5.32 Å². The van der Waals surface area contributed by atoms with Crippen LogP contribution in [0.2, 0.25) is 0 Å². The Kier molecular flexibility index (Phi) is 3.48. The Morgan fingerprint density at radius 2 is 2.00 bits per heavy atom. The normalized spacial score (nSPS) is 28.9. The number of amides is 1. The maximum absolute atomic E-state index is 12.1. The molecule has 2 N–H and O–H groups in total. The maximum atomic E-state index is 12.1. The summed E-state index contributed by atoms with van der Waals surface area (Å²) in [6, 6.07) is 2.77. The lowest BCUT2D eigenvalue weighted by Gasteiger charge is -2.32. The van der Waals surface area contributed by atoms with Gasteiger partial charge in [-0.25, -0.2) is 4.79 Å². The van der Waals surface area contributed by atoms with Crippen molar-refractivity contribution in [2.45, 2.75) is 37.8 Å². The minimum absolute atomic E-state index is 0.0449. The van der Waals surface area contributed by atoms with Gasteiger partial charge in [0.2, 0.25) is 5.76 Å². The summed E-state index contributed by atoms with van der Waals surface area (Å²) in [5, 5.41) is 11.7. The summed E-state index contributed by atoms with van der Waals surface area (Å²) in [6.07, 6.45) is 4.24. The lowest BCUT2D eigenvalue weighted by molar-refractivity contribution is 0.0504. The fourth-order valence-electron chi connectivity index (χ4n) is 3.17. The standard InChI is InChI=1S/C14H17NO5/c16-13(11-4-5-12(20-11)14(17)18)15-9-2-1-3-10-8(9)6-7-19-10/h4-5,8-10H,1-3,6-7H2,(H,15,16)(H,17,18)/t8-,9-,10-/m1/s1. The van der Waals surface area contributed by atoms with Crippen LogP contribution in [-0.4, -0.2) is 35.7 Å². The molecule has 0 radical (unpaired) electrons. The molecule has 1 saturated carbocycles. The minimum atomic E-state index is -1.18. The number of hydrogen-bond acceptors (Lipinski definition) is 4. The van der Waals surface area contributed by atoms with E-state index in [9.17, 15) is 9.59 Å². The molecular formula is C14H17NO5. The third-order valence-electron chi connectivity index (χ3n) is 4.14. The quantitative estimate of drug-likeness (QED) is 0.878. The van der Waals surface area contributed by atoms with Crippen LogP contribution in [0.4, 0.5) is 0 Å². The zero-order valence-corrected chi connectivity index (χ0v) is 11.0. The van der Waals surface area contributed by atoms with Gasteiger partial charge in [-0.05, 0) is 37.8 Å². The average Bonchev–Trinajstić information content (AvgIpc) is 3.08. The van der Waals surface area contributed by atoms with Crippen LogP contribution in [0.3, 0.4) is 0 Å². The molecule has 0 aromatic carbocycles. The van der Waals surface area contributed by atoms with Gasteiger partial charge in [0.15, 0.2) is 5.76 Å². The number of furan rings is 1. The third kappa shape index (κ3) is 2.43. The fourth-order valence-corrected chi connectivity index (χ4v) is 3.17. The van der Waals surface area contributed by atoms with Crippen LogP contribution >= 0.6 is 0 Å². The summed E-state index contributed by atoms with van der Waals surface area (Å²) in [5.41, 5.74) is 0. The molecule has 1 aromatic rings. The number of aromatic carboxylic acids is 1. The molecule has 6 heteroatoms. The Morgan fingerprint density at radius 1 is 1.20 bits per heavy atom. The van der Waals surface area contributed by atoms with Crippen molar-refractivity contribution >= 4 is 11.9 Å². The van der Waals surface area contributed by atoms with Crippen molar-refractivity contribution in [1.29, 1.82) is 0 Å². The first-order chi connectivity index (χ1) is 9.65. The number of carbonyl (C=O) groups excluding carboxylic acids is 1. The maximum Gasteiger partial charge on any atom is 0.371 e. The highest BCUT2D eigenvalue weighted by atomic mass is 16.5. The van der Waals surface area contributed by atoms with Gasteiger partial charge in [-0.1, -0.05) is 0 Å². The molecule has 108 valence electrons. The molecule has 2 aliphatic rings. The molecule has 0 unspecified atom stereocenters. The van der Waals surface area contributed by atoms with E-state index in [0.717, 1.165) is 32.3 Å². The van der Waals surface area contributed by atoms with Crippen molar-refractivity contribution in [2.75, 3.05) is 6.61 Å². The van der Waals surface area contributed by atoms with Crippen LogP contribution in [-0.2, 0) is 4.74 Å². The highest BCUT2D eigenvalue weighted by Gasteiger charge is 2.38. The van der Waals surface area contributed by atoms with E-state index in [0.29, 0.717) is 5.92 Å². The fraction of sp³-hybridized carbons (Fsp3) is 0.571. The molecule has 0 spiro atoms. The Bertz CT molecular complexity index is 523. The summed E-state index contributed by atoms with van der Waals surface area (Å²) in [5.74, 6) is -1.34. The van der Waals surface area contributed by atoms with Gasteiger partial charge < -0.3 is 19.6 Å². The molecule has 20 heavy (non-hydrogen) atoms. The Morgan fingerprint density at radius 3 is 2.75 bits per heavy atom. The van der Waals surface area contributed by atoms with E-state index in [1.807, 2.05) is 0 Å². The third-order valence-corrected chi connectivity index (χ3v) is 4.14. The lowest BCUT2D eigenvalue weighted by atomic mass is 9.82. The van der Waals surface area contributed by atoms with Crippen molar-refractivity contribution < 1.29 is 23.8 Å². The minimum Gasteiger partial charge on any atom is -0.475 e. The highest BCUT2D eigenvalue weighted by molar-refractivity contribution is 5.93. The molecule has 1 aliphatic heterocycles. The first-order valence-electron chi connectivity index (χ1n) is 6.91. The van der Waals surface area contributed by atoms with Gasteiger partial charge in [0.1, 0.15) is 0 Å². The summed E-state index contributed by atoms with van der Waals surface area (Å²) >= 11 is 0. The molecule has 6 nitrogen and oxygen atoms in total. The Balaban J connectivity index is 1.67. The number of rotatable bonds is 3. The molecule has 2 fully saturated rings. The van der Waals surface area contributed by atoms with E-state index in [1.165, 1.54) is 12.1 Å². The number of fused-ring (bicyclic) bond motifs is 1. The van der Waals surface area contributed by atoms with E-state index >= 15 is 0 Å². The molecular weight excluding hydrogens is 262 g/mol. The first-order valence-corrected chi connectivity index (χ1v) is 6.91. The van der Waals surface area contributed by atoms with Crippen LogP contribution in [0.5, 0.6) is 0 Å². The van der Waals surface area contributed by atoms with Gasteiger partial charge in [0.05, 0.1) is 6.10 Å². The SMILES string of the molecule is O=C(O)c1ccc(C(=O)N[C@@H]2CCC[C@H]3OCC[C@H]23)o1. The summed E-state index contributed by atoms with van der Waals surface area (Å²) in [7, 11) is 0. The van der Waals surface area contributed by atoms with Crippen LogP contribution in [0.1, 0.15) is 46.8 Å². The molecule has 2 heterocycles. The van der Waals surface area contributed by atoms with Crippen molar-refractivity contribution in [3.63, 3.8) is 0 Å². The molecule has 1 aliphatic carbocycles. The topological polar surface area (TPSA) is 88.8 Å². The van der Waals surface area contributed by atoms with Crippen molar-refractivity contribution in [1.82, 2.24) is 5.32 Å². The molecule has 1 saturated heterocycles. The predicted molar refractivity (Wildman–Crippen MR) is 68.6 cm³/mol. The van der Waals surface area contributed by atoms with Gasteiger partial charge in [-0.3, -0.25) is 4.79 Å². The predicted octanol–water partition coefficient (Wildman–Crippen LogP) is 1.67. The second kappa shape index (κ2) is 5.28. The summed E-state index contributed by atoms with van der Waals surface area (Å²) in [4.78, 5) is 22.8. The van der Waals surface area contributed by atoms with Gasteiger partial charge in [-0.2, -0.15) is 0 Å². The van der Waals surface area contributed by atoms with E-state index < -0.39 is 5.97 Å². The second-order valence-electron chi connectivity index (χ2n) is 5.34. The molecule has 1 amide bonds. The average molecular weight is 279 g/mol. The molecule has 0 bridgehead atoms. The zero-order valence-electron chi connectivity index (χ0n) is 11.0. The molecule has 3 atom stereocenters. The van der Waals surface area contributed by atoms with E-state index in [1.54, 1.807) is 0 Å². The highest BCUT2D eigenvalue weighted by Crippen LogP contribution is 2.34. The number of nitrogens with one attached hydrogen (secondary N) is 1. The molecule has 1 aromatic heterocycles. The number of carboxylic acid groups (broad SMARTS) is 1. The number of carboxylic acids is 1. The zero-order chi connectivity index (χ0) is 14.1. The lowest BCUT2D eigenvalue weighted by Crippen LogP contribution is -2.45. The van der Waals surface area contributed by atoms with E-state index in [4.69, 9.17) is 14.3 Å². The monoisotopic (exact) mass is 279 g/mol. The first kappa shape index (κ1) is 13.2. The summed E-state index contributed by atoms with van der Waals surface area (Å²) in [6.45, 7) is 0.756. The summed E-state index contributed by atoms with van der Waals surface area (Å²) < 4.78 is 10.7. The van der Waals surface area contributed by atoms with Crippen molar-refractivity contribution in [2.24, 2.45) is 5.92 Å². The van der Waals surface area contributed by atoms with Crippen LogP contribution < -0.4 is 5.32 Å². The van der Waals surface area contributed by atoms with Gasteiger partial charge in [0.25, 0.3) is 5.91 Å². The number of hydrogen-bond donors (Lipinski definition) is 2. The largest absolute Gasteiger partial charge is 0.475 e. The second-order valence-corrected chi connectivity index (χ2v) is 5.34.